The lowest BCUT2D eigenvalue weighted by molar-refractivity contribution is 0.463. The molecule has 7 heteroatoms. The van der Waals surface area contributed by atoms with Crippen molar-refractivity contribution in [3.8, 4) is 11.4 Å². The number of hydrogen-bond donors (Lipinski definition) is 2. The van der Waals surface area contributed by atoms with Gasteiger partial charge in [-0.1, -0.05) is 19.3 Å². The highest BCUT2D eigenvalue weighted by molar-refractivity contribution is 7.89. The molecule has 1 aliphatic rings. The van der Waals surface area contributed by atoms with Crippen molar-refractivity contribution >= 4 is 15.7 Å². The van der Waals surface area contributed by atoms with E-state index in [2.05, 4.69) is 20.0 Å². The summed E-state index contributed by atoms with van der Waals surface area (Å²) in [6.45, 7) is 0. The number of aromatic nitrogens is 2. The van der Waals surface area contributed by atoms with Crippen LogP contribution in [0, 0.1) is 0 Å². The first-order valence-electron chi connectivity index (χ1n) is 8.22. The van der Waals surface area contributed by atoms with E-state index in [-0.39, 0.29) is 4.90 Å². The molecule has 0 atom stereocenters. The predicted octanol–water partition coefficient (Wildman–Crippen LogP) is 2.80. The molecule has 1 aromatic carbocycles. The maximum atomic E-state index is 12.1. The number of sulfonamides is 1. The van der Waals surface area contributed by atoms with Crippen molar-refractivity contribution in [1.82, 2.24) is 14.7 Å². The molecule has 0 radical (unpaired) electrons. The summed E-state index contributed by atoms with van der Waals surface area (Å²) in [5.74, 6) is 0.518. The lowest BCUT2D eigenvalue weighted by Gasteiger charge is -2.25. The summed E-state index contributed by atoms with van der Waals surface area (Å²) in [6, 6.07) is 7.21. The van der Waals surface area contributed by atoms with Gasteiger partial charge in [-0.05, 0) is 44.2 Å². The molecule has 0 unspecified atom stereocenters. The summed E-state index contributed by atoms with van der Waals surface area (Å²) in [5.41, 5.74) is 1.58. The first-order chi connectivity index (χ1) is 11.6. The third-order valence-corrected chi connectivity index (χ3v) is 5.75. The smallest absolute Gasteiger partial charge is 0.240 e. The fraction of sp³-hybridized carbons (Fsp3) is 0.412. The Bertz CT molecular complexity index is 787. The van der Waals surface area contributed by atoms with Crippen LogP contribution in [0.25, 0.3) is 11.4 Å². The Morgan fingerprint density at radius 2 is 1.79 bits per heavy atom. The second kappa shape index (κ2) is 7.27. The molecule has 1 heterocycles. The van der Waals surface area contributed by atoms with Crippen LogP contribution < -0.4 is 10.0 Å². The van der Waals surface area contributed by atoms with Gasteiger partial charge in [0.2, 0.25) is 10.0 Å². The molecule has 1 aliphatic carbocycles. The van der Waals surface area contributed by atoms with Crippen molar-refractivity contribution in [1.29, 1.82) is 0 Å². The minimum atomic E-state index is -3.51. The van der Waals surface area contributed by atoms with Crippen LogP contribution in [0.2, 0.25) is 0 Å². The van der Waals surface area contributed by atoms with Crippen molar-refractivity contribution in [3.63, 3.8) is 0 Å². The molecule has 2 aromatic rings. The third-order valence-electron chi connectivity index (χ3n) is 4.34. The van der Waals surface area contributed by atoms with Gasteiger partial charge in [0.25, 0.3) is 0 Å². The maximum absolute atomic E-state index is 12.1. The molecule has 1 fully saturated rings. The van der Waals surface area contributed by atoms with Crippen LogP contribution in [0.4, 0.5) is 5.69 Å². The zero-order valence-electron chi connectivity index (χ0n) is 13.7. The van der Waals surface area contributed by atoms with Gasteiger partial charge in [-0.25, -0.2) is 23.1 Å². The molecular weight excluding hydrogens is 324 g/mol. The van der Waals surface area contributed by atoms with Crippen LogP contribution in [0.3, 0.4) is 0 Å². The molecule has 0 bridgehead atoms. The fourth-order valence-corrected chi connectivity index (χ4v) is 3.78. The highest BCUT2D eigenvalue weighted by atomic mass is 32.2. The van der Waals surface area contributed by atoms with E-state index in [0.29, 0.717) is 17.4 Å². The van der Waals surface area contributed by atoms with Crippen molar-refractivity contribution in [3.05, 3.63) is 36.7 Å². The quantitative estimate of drug-likeness (QED) is 0.870. The molecule has 0 amide bonds. The number of anilines is 1. The van der Waals surface area contributed by atoms with Crippen molar-refractivity contribution in [2.24, 2.45) is 0 Å². The molecule has 0 spiro atoms. The van der Waals surface area contributed by atoms with Crippen molar-refractivity contribution in [2.75, 3.05) is 12.4 Å². The second-order valence-corrected chi connectivity index (χ2v) is 7.85. The number of nitrogens with one attached hydrogen (secondary N) is 2. The Morgan fingerprint density at radius 1 is 1.08 bits per heavy atom. The predicted molar refractivity (Wildman–Crippen MR) is 94.2 cm³/mol. The number of hydrogen-bond acceptors (Lipinski definition) is 5. The molecule has 6 nitrogen and oxygen atoms in total. The Kier molecular flexibility index (Phi) is 5.11. The normalized spacial score (nSPS) is 16.0. The number of nitrogens with zero attached hydrogens (tertiary/aromatic N) is 2. The zero-order chi connectivity index (χ0) is 17.0. The molecule has 1 saturated carbocycles. The molecule has 0 aliphatic heterocycles. The SMILES string of the molecule is CNS(=O)(=O)c1ccc(NC2CCCCC2)c(-c2ncccn2)c1. The molecule has 3 rings (SSSR count). The standard InChI is InChI=1S/C17H22N4O2S/c1-18-24(22,23)14-8-9-16(21-13-6-3-2-4-7-13)15(12-14)17-19-10-5-11-20-17/h5,8-13,18,21H,2-4,6-7H2,1H3. The summed E-state index contributed by atoms with van der Waals surface area (Å²) in [7, 11) is -2.11. The lowest BCUT2D eigenvalue weighted by Crippen LogP contribution is -2.23. The number of rotatable bonds is 5. The molecule has 0 saturated heterocycles. The van der Waals surface area contributed by atoms with Gasteiger partial charge in [-0.15, -0.1) is 0 Å². The van der Waals surface area contributed by atoms with Crippen LogP contribution in [0.1, 0.15) is 32.1 Å². The van der Waals surface area contributed by atoms with E-state index in [1.165, 1.54) is 26.3 Å². The van der Waals surface area contributed by atoms with Gasteiger partial charge >= 0.3 is 0 Å². The Morgan fingerprint density at radius 3 is 2.46 bits per heavy atom. The molecule has 1 aromatic heterocycles. The van der Waals surface area contributed by atoms with Crippen LogP contribution in [0.15, 0.2) is 41.6 Å². The van der Waals surface area contributed by atoms with Gasteiger partial charge in [-0.3, -0.25) is 0 Å². The molecule has 24 heavy (non-hydrogen) atoms. The van der Waals surface area contributed by atoms with Crippen LogP contribution in [-0.4, -0.2) is 31.5 Å². The first-order valence-corrected chi connectivity index (χ1v) is 9.70. The summed E-state index contributed by atoms with van der Waals surface area (Å²) in [5, 5.41) is 3.55. The van der Waals surface area contributed by atoms with Crippen molar-refractivity contribution in [2.45, 2.75) is 43.0 Å². The highest BCUT2D eigenvalue weighted by Gasteiger charge is 2.19. The van der Waals surface area contributed by atoms with Gasteiger partial charge in [-0.2, -0.15) is 0 Å². The highest BCUT2D eigenvalue weighted by Crippen LogP contribution is 2.30. The summed E-state index contributed by atoms with van der Waals surface area (Å²) >= 11 is 0. The maximum Gasteiger partial charge on any atom is 0.240 e. The summed E-state index contributed by atoms with van der Waals surface area (Å²) < 4.78 is 26.6. The van der Waals surface area contributed by atoms with Crippen molar-refractivity contribution < 1.29 is 8.42 Å². The van der Waals surface area contributed by atoms with Gasteiger partial charge in [0.1, 0.15) is 0 Å². The third kappa shape index (κ3) is 3.73. The van der Waals surface area contributed by atoms with Crippen LogP contribution in [-0.2, 0) is 10.0 Å². The Labute approximate surface area is 142 Å². The second-order valence-electron chi connectivity index (χ2n) is 5.97. The van der Waals surface area contributed by atoms with E-state index in [1.54, 1.807) is 30.6 Å². The Balaban J connectivity index is 2.01. The summed E-state index contributed by atoms with van der Waals surface area (Å²) in [4.78, 5) is 8.78. The molecular formula is C17H22N4O2S. The fourth-order valence-electron chi connectivity index (χ4n) is 3.02. The van der Waals surface area contributed by atoms with Gasteiger partial charge < -0.3 is 5.32 Å². The molecule has 2 N–H and O–H groups in total. The van der Waals surface area contributed by atoms with Gasteiger partial charge in [0.05, 0.1) is 4.90 Å². The van der Waals surface area contributed by atoms with E-state index in [9.17, 15) is 8.42 Å². The topological polar surface area (TPSA) is 84.0 Å². The average molecular weight is 346 g/mol. The van der Waals surface area contributed by atoms with E-state index in [4.69, 9.17) is 0 Å². The minimum absolute atomic E-state index is 0.210. The van der Waals surface area contributed by atoms with E-state index >= 15 is 0 Å². The van der Waals surface area contributed by atoms with Gasteiger partial charge in [0, 0.05) is 29.7 Å². The number of benzene rings is 1. The van der Waals surface area contributed by atoms with Crippen LogP contribution in [0.5, 0.6) is 0 Å². The Hall–Kier alpha value is -1.99. The zero-order valence-corrected chi connectivity index (χ0v) is 14.5. The summed E-state index contributed by atoms with van der Waals surface area (Å²) in [6.07, 6.45) is 9.31. The van der Waals surface area contributed by atoms with E-state index < -0.39 is 10.0 Å². The van der Waals surface area contributed by atoms with Crippen LogP contribution >= 0.6 is 0 Å². The molecule has 128 valence electrons. The van der Waals surface area contributed by atoms with E-state index in [1.807, 2.05) is 6.07 Å². The average Bonchev–Trinajstić information content (AvgIpc) is 2.63. The van der Waals surface area contributed by atoms with E-state index in [0.717, 1.165) is 18.5 Å². The largest absolute Gasteiger partial charge is 0.382 e. The minimum Gasteiger partial charge on any atom is -0.382 e. The van der Waals surface area contributed by atoms with Gasteiger partial charge in [0.15, 0.2) is 5.82 Å². The first kappa shape index (κ1) is 16.9. The lowest BCUT2D eigenvalue weighted by atomic mass is 9.95. The monoisotopic (exact) mass is 346 g/mol.